The van der Waals surface area contributed by atoms with E-state index in [-0.39, 0.29) is 0 Å². The van der Waals surface area contributed by atoms with Crippen molar-refractivity contribution < 1.29 is 0 Å². The van der Waals surface area contributed by atoms with E-state index in [0.29, 0.717) is 5.92 Å². The van der Waals surface area contributed by atoms with Crippen LogP contribution in [0.3, 0.4) is 0 Å². The van der Waals surface area contributed by atoms with Gasteiger partial charge in [0.2, 0.25) is 0 Å². The lowest BCUT2D eigenvalue weighted by molar-refractivity contribution is 0.719. The number of rotatable bonds is 3. The number of aromatic nitrogens is 6. The number of aryl methyl sites for hydroxylation is 2. The lowest BCUT2D eigenvalue weighted by Crippen LogP contribution is -1.95. The standard InChI is InChI=1S/C19H18N6/c1-11-18(25(2)24-23-11)14-9-15(12-5-7-20-8-6-12)17-16(10-14)21-19(22-17)13-3-4-13/h5-10,13H,3-4H2,1-2H3,(H,21,22). The van der Waals surface area contributed by atoms with Crippen molar-refractivity contribution in [2.45, 2.75) is 25.7 Å². The van der Waals surface area contributed by atoms with Gasteiger partial charge < -0.3 is 4.98 Å². The highest BCUT2D eigenvalue weighted by Gasteiger charge is 2.27. The van der Waals surface area contributed by atoms with E-state index < -0.39 is 0 Å². The third-order valence-electron chi connectivity index (χ3n) is 4.83. The molecule has 0 saturated heterocycles. The topological polar surface area (TPSA) is 72.3 Å². The molecule has 6 heteroatoms. The summed E-state index contributed by atoms with van der Waals surface area (Å²) in [5, 5.41) is 8.34. The smallest absolute Gasteiger partial charge is 0.110 e. The van der Waals surface area contributed by atoms with Gasteiger partial charge in [0.05, 0.1) is 22.4 Å². The lowest BCUT2D eigenvalue weighted by atomic mass is 10.00. The third kappa shape index (κ3) is 2.33. The Morgan fingerprint density at radius 3 is 2.60 bits per heavy atom. The van der Waals surface area contributed by atoms with Crippen LogP contribution in [0, 0.1) is 6.92 Å². The molecule has 1 aliphatic carbocycles. The molecule has 1 aromatic carbocycles. The second kappa shape index (κ2) is 5.24. The SMILES string of the molecule is Cc1nnn(C)c1-c1cc(-c2ccncc2)c2nc(C3CC3)[nH]c2c1. The highest BCUT2D eigenvalue weighted by Crippen LogP contribution is 2.41. The number of hydrogen-bond donors (Lipinski definition) is 1. The molecule has 0 radical (unpaired) electrons. The molecule has 1 fully saturated rings. The average molecular weight is 330 g/mol. The maximum absolute atomic E-state index is 4.90. The molecule has 0 unspecified atom stereocenters. The van der Waals surface area contributed by atoms with Gasteiger partial charge in [0.25, 0.3) is 0 Å². The van der Waals surface area contributed by atoms with E-state index in [4.69, 9.17) is 4.98 Å². The summed E-state index contributed by atoms with van der Waals surface area (Å²) in [5.41, 5.74) is 7.35. The summed E-state index contributed by atoms with van der Waals surface area (Å²) >= 11 is 0. The number of nitrogens with one attached hydrogen (secondary N) is 1. The van der Waals surface area contributed by atoms with Crippen molar-refractivity contribution in [1.82, 2.24) is 29.9 Å². The van der Waals surface area contributed by atoms with Crippen molar-refractivity contribution in [2.24, 2.45) is 7.05 Å². The first kappa shape index (κ1) is 14.3. The lowest BCUT2D eigenvalue weighted by Gasteiger charge is -2.08. The quantitative estimate of drug-likeness (QED) is 0.623. The Bertz CT molecular complexity index is 1050. The second-order valence-corrected chi connectivity index (χ2v) is 6.70. The van der Waals surface area contributed by atoms with E-state index in [1.54, 1.807) is 0 Å². The van der Waals surface area contributed by atoms with E-state index in [2.05, 4.69) is 32.4 Å². The monoisotopic (exact) mass is 330 g/mol. The van der Waals surface area contributed by atoms with Crippen molar-refractivity contribution in [2.75, 3.05) is 0 Å². The Morgan fingerprint density at radius 2 is 1.92 bits per heavy atom. The highest BCUT2D eigenvalue weighted by atomic mass is 15.4. The first-order valence-corrected chi connectivity index (χ1v) is 8.51. The van der Waals surface area contributed by atoms with Gasteiger partial charge in [-0.1, -0.05) is 5.21 Å². The predicted molar refractivity (Wildman–Crippen MR) is 96.0 cm³/mol. The normalized spacial score (nSPS) is 14.3. The molecule has 0 spiro atoms. The number of imidazole rings is 1. The van der Waals surface area contributed by atoms with Gasteiger partial charge in [-0.15, -0.1) is 5.10 Å². The minimum absolute atomic E-state index is 0.584. The summed E-state index contributed by atoms with van der Waals surface area (Å²) in [4.78, 5) is 12.6. The minimum Gasteiger partial charge on any atom is -0.342 e. The molecule has 4 aromatic rings. The number of nitrogens with zero attached hydrogens (tertiary/aromatic N) is 5. The first-order chi connectivity index (χ1) is 12.2. The van der Waals surface area contributed by atoms with Gasteiger partial charge in [-0.3, -0.25) is 4.98 Å². The molecular formula is C19H18N6. The summed E-state index contributed by atoms with van der Waals surface area (Å²) in [5.74, 6) is 1.68. The molecule has 0 amide bonds. The fourth-order valence-electron chi connectivity index (χ4n) is 3.43. The van der Waals surface area contributed by atoms with Crippen LogP contribution >= 0.6 is 0 Å². The molecule has 0 aliphatic heterocycles. The molecule has 1 saturated carbocycles. The van der Waals surface area contributed by atoms with E-state index in [0.717, 1.165) is 44.9 Å². The zero-order valence-electron chi connectivity index (χ0n) is 14.2. The van der Waals surface area contributed by atoms with E-state index >= 15 is 0 Å². The van der Waals surface area contributed by atoms with E-state index in [1.165, 1.54) is 12.8 Å². The van der Waals surface area contributed by atoms with Crippen LogP contribution in [0.5, 0.6) is 0 Å². The number of fused-ring (bicyclic) bond motifs is 1. The largest absolute Gasteiger partial charge is 0.342 e. The Kier molecular flexibility index (Phi) is 3.00. The summed E-state index contributed by atoms with van der Waals surface area (Å²) in [6, 6.07) is 8.39. The summed E-state index contributed by atoms with van der Waals surface area (Å²) in [7, 11) is 1.92. The van der Waals surface area contributed by atoms with Crippen LogP contribution in [-0.4, -0.2) is 29.9 Å². The third-order valence-corrected chi connectivity index (χ3v) is 4.83. The summed E-state index contributed by atoms with van der Waals surface area (Å²) in [6.45, 7) is 1.99. The van der Waals surface area contributed by atoms with Crippen LogP contribution in [0.2, 0.25) is 0 Å². The molecular weight excluding hydrogens is 312 g/mol. The number of aromatic amines is 1. The van der Waals surface area contributed by atoms with Crippen LogP contribution in [0.1, 0.15) is 30.3 Å². The van der Waals surface area contributed by atoms with E-state index in [9.17, 15) is 0 Å². The van der Waals surface area contributed by atoms with Crippen LogP contribution < -0.4 is 0 Å². The fraction of sp³-hybridized carbons (Fsp3) is 0.263. The Hall–Kier alpha value is -3.02. The fourth-order valence-corrected chi connectivity index (χ4v) is 3.43. The number of benzene rings is 1. The molecule has 6 nitrogen and oxygen atoms in total. The molecule has 1 aliphatic rings. The van der Waals surface area contributed by atoms with Crippen LogP contribution in [0.25, 0.3) is 33.4 Å². The first-order valence-electron chi connectivity index (χ1n) is 8.51. The maximum atomic E-state index is 4.90. The summed E-state index contributed by atoms with van der Waals surface area (Å²) < 4.78 is 1.82. The molecule has 3 heterocycles. The van der Waals surface area contributed by atoms with Gasteiger partial charge in [-0.2, -0.15) is 0 Å². The van der Waals surface area contributed by atoms with Gasteiger partial charge in [0.1, 0.15) is 5.82 Å². The molecule has 124 valence electrons. The Labute approximate surface area is 144 Å². The van der Waals surface area contributed by atoms with Gasteiger partial charge in [-0.25, -0.2) is 9.67 Å². The molecule has 0 bridgehead atoms. The van der Waals surface area contributed by atoms with Crippen LogP contribution in [0.15, 0.2) is 36.7 Å². The van der Waals surface area contributed by atoms with Gasteiger partial charge >= 0.3 is 0 Å². The van der Waals surface area contributed by atoms with Crippen molar-refractivity contribution in [3.63, 3.8) is 0 Å². The Balaban J connectivity index is 1.80. The van der Waals surface area contributed by atoms with Crippen molar-refractivity contribution >= 4 is 11.0 Å². The van der Waals surface area contributed by atoms with Crippen molar-refractivity contribution in [3.8, 4) is 22.4 Å². The van der Waals surface area contributed by atoms with Gasteiger partial charge in [0, 0.05) is 36.5 Å². The number of pyridine rings is 1. The number of H-pyrrole nitrogens is 1. The van der Waals surface area contributed by atoms with Crippen molar-refractivity contribution in [1.29, 1.82) is 0 Å². The molecule has 3 aromatic heterocycles. The average Bonchev–Trinajstić information content (AvgIpc) is 3.31. The highest BCUT2D eigenvalue weighted by molar-refractivity contribution is 5.96. The van der Waals surface area contributed by atoms with Gasteiger partial charge in [-0.05, 0) is 49.6 Å². The minimum atomic E-state index is 0.584. The van der Waals surface area contributed by atoms with Crippen LogP contribution in [0.4, 0.5) is 0 Å². The molecule has 25 heavy (non-hydrogen) atoms. The van der Waals surface area contributed by atoms with Crippen LogP contribution in [-0.2, 0) is 7.05 Å². The predicted octanol–water partition coefficient (Wildman–Crippen LogP) is 3.61. The molecule has 0 atom stereocenters. The zero-order valence-corrected chi connectivity index (χ0v) is 14.2. The maximum Gasteiger partial charge on any atom is 0.110 e. The zero-order chi connectivity index (χ0) is 17.0. The van der Waals surface area contributed by atoms with Gasteiger partial charge in [0.15, 0.2) is 0 Å². The van der Waals surface area contributed by atoms with Crippen molar-refractivity contribution in [3.05, 3.63) is 48.2 Å². The molecule has 1 N–H and O–H groups in total. The number of hydrogen-bond acceptors (Lipinski definition) is 4. The summed E-state index contributed by atoms with van der Waals surface area (Å²) in [6.07, 6.45) is 6.09. The Morgan fingerprint density at radius 1 is 1.12 bits per heavy atom. The second-order valence-electron chi connectivity index (χ2n) is 6.70. The molecule has 5 rings (SSSR count). The van der Waals surface area contributed by atoms with E-state index in [1.807, 2.05) is 43.2 Å².